The molecule has 18 heavy (non-hydrogen) atoms. The number of H-pyrrole nitrogens is 1. The lowest BCUT2D eigenvalue weighted by Gasteiger charge is -2.07. The van der Waals surface area contributed by atoms with Gasteiger partial charge in [0.05, 0.1) is 17.4 Å². The van der Waals surface area contributed by atoms with Crippen LogP contribution in [-0.2, 0) is 6.42 Å². The topological polar surface area (TPSA) is 70.9 Å². The van der Waals surface area contributed by atoms with E-state index in [0.29, 0.717) is 0 Å². The molecule has 3 rings (SSSR count). The molecule has 0 fully saturated rings. The first-order valence-corrected chi connectivity index (χ1v) is 5.89. The lowest BCUT2D eigenvalue weighted by molar-refractivity contribution is 0.915. The van der Waals surface area contributed by atoms with Gasteiger partial charge in [0.25, 0.3) is 0 Å². The standard InChI is InChI=1S/C12H14N6/c1-3-11-15-8(2)9-4-6-13-12(18(9)11)16-10-5-7-14-17-10/h4-7H,3H2,1-2H3,(H2,13,14,16,17). The van der Waals surface area contributed by atoms with E-state index in [1.165, 1.54) is 0 Å². The molecule has 0 saturated carbocycles. The van der Waals surface area contributed by atoms with E-state index in [4.69, 9.17) is 0 Å². The van der Waals surface area contributed by atoms with Gasteiger partial charge in [0, 0.05) is 18.7 Å². The number of fused-ring (bicyclic) bond motifs is 1. The molecule has 0 spiro atoms. The molecule has 0 aliphatic rings. The summed E-state index contributed by atoms with van der Waals surface area (Å²) in [7, 11) is 0. The number of imidazole rings is 1. The third kappa shape index (κ3) is 1.62. The van der Waals surface area contributed by atoms with E-state index >= 15 is 0 Å². The molecular formula is C12H14N6. The Hall–Kier alpha value is -2.37. The van der Waals surface area contributed by atoms with E-state index in [-0.39, 0.29) is 0 Å². The predicted octanol–water partition coefficient (Wildman–Crippen LogP) is 2.07. The van der Waals surface area contributed by atoms with Gasteiger partial charge in [-0.15, -0.1) is 0 Å². The molecule has 3 aromatic rings. The van der Waals surface area contributed by atoms with Crippen molar-refractivity contribution >= 4 is 17.3 Å². The van der Waals surface area contributed by atoms with Gasteiger partial charge in [-0.1, -0.05) is 6.92 Å². The van der Waals surface area contributed by atoms with Crippen molar-refractivity contribution in [1.82, 2.24) is 24.6 Å². The van der Waals surface area contributed by atoms with Crippen LogP contribution in [0.2, 0.25) is 0 Å². The quantitative estimate of drug-likeness (QED) is 0.737. The van der Waals surface area contributed by atoms with Crippen LogP contribution in [0, 0.1) is 6.92 Å². The van der Waals surface area contributed by atoms with Crippen LogP contribution in [0.25, 0.3) is 5.52 Å². The number of aromatic amines is 1. The molecule has 0 saturated heterocycles. The third-order valence-electron chi connectivity index (χ3n) is 2.87. The Kier molecular flexibility index (Phi) is 2.47. The zero-order chi connectivity index (χ0) is 12.5. The fourth-order valence-electron chi connectivity index (χ4n) is 2.04. The summed E-state index contributed by atoms with van der Waals surface area (Å²) in [6.07, 6.45) is 4.34. The Balaban J connectivity index is 2.16. The summed E-state index contributed by atoms with van der Waals surface area (Å²) >= 11 is 0. The van der Waals surface area contributed by atoms with Gasteiger partial charge in [0.2, 0.25) is 5.95 Å². The van der Waals surface area contributed by atoms with Crippen LogP contribution in [0.3, 0.4) is 0 Å². The van der Waals surface area contributed by atoms with Crippen molar-refractivity contribution in [2.45, 2.75) is 20.3 Å². The minimum Gasteiger partial charge on any atom is -0.310 e. The molecule has 0 unspecified atom stereocenters. The molecule has 6 heteroatoms. The molecule has 6 nitrogen and oxygen atoms in total. The molecular weight excluding hydrogens is 228 g/mol. The van der Waals surface area contributed by atoms with Crippen molar-refractivity contribution < 1.29 is 0 Å². The van der Waals surface area contributed by atoms with Gasteiger partial charge in [-0.05, 0) is 13.0 Å². The molecule has 0 radical (unpaired) electrons. The highest BCUT2D eigenvalue weighted by atomic mass is 15.3. The van der Waals surface area contributed by atoms with E-state index in [1.807, 2.05) is 23.5 Å². The van der Waals surface area contributed by atoms with E-state index in [2.05, 4.69) is 32.4 Å². The number of nitrogens with zero attached hydrogens (tertiary/aromatic N) is 4. The molecule has 3 aromatic heterocycles. The second kappa shape index (κ2) is 4.14. The van der Waals surface area contributed by atoms with E-state index < -0.39 is 0 Å². The maximum absolute atomic E-state index is 4.56. The number of hydrogen-bond acceptors (Lipinski definition) is 4. The summed E-state index contributed by atoms with van der Waals surface area (Å²) in [5, 5.41) is 9.97. The maximum atomic E-state index is 4.56. The molecule has 0 bridgehead atoms. The van der Waals surface area contributed by atoms with Gasteiger partial charge in [0.1, 0.15) is 11.6 Å². The van der Waals surface area contributed by atoms with E-state index in [9.17, 15) is 0 Å². The number of rotatable bonds is 3. The SMILES string of the molecule is CCc1nc(C)c2ccnc(Nc3ccn[nH]3)n12. The van der Waals surface area contributed by atoms with Crippen LogP contribution < -0.4 is 5.32 Å². The molecule has 0 aliphatic heterocycles. The first-order valence-electron chi connectivity index (χ1n) is 5.89. The number of anilines is 2. The molecule has 0 aromatic carbocycles. The zero-order valence-corrected chi connectivity index (χ0v) is 10.3. The van der Waals surface area contributed by atoms with Gasteiger partial charge in [-0.3, -0.25) is 9.50 Å². The second-order valence-electron chi connectivity index (χ2n) is 4.05. The van der Waals surface area contributed by atoms with Crippen molar-refractivity contribution in [2.24, 2.45) is 0 Å². The van der Waals surface area contributed by atoms with Crippen molar-refractivity contribution in [3.05, 3.63) is 36.0 Å². The molecule has 0 aliphatic carbocycles. The number of aromatic nitrogens is 5. The van der Waals surface area contributed by atoms with Crippen LogP contribution in [0.15, 0.2) is 24.5 Å². The average molecular weight is 242 g/mol. The van der Waals surface area contributed by atoms with Gasteiger partial charge < -0.3 is 5.32 Å². The number of nitrogens with one attached hydrogen (secondary N) is 2. The summed E-state index contributed by atoms with van der Waals surface area (Å²) in [4.78, 5) is 8.92. The molecule has 92 valence electrons. The maximum Gasteiger partial charge on any atom is 0.214 e. The summed E-state index contributed by atoms with van der Waals surface area (Å²) in [5.41, 5.74) is 2.09. The molecule has 2 N–H and O–H groups in total. The summed E-state index contributed by atoms with van der Waals surface area (Å²) < 4.78 is 2.04. The zero-order valence-electron chi connectivity index (χ0n) is 10.3. The van der Waals surface area contributed by atoms with Gasteiger partial charge in [-0.2, -0.15) is 5.10 Å². The van der Waals surface area contributed by atoms with Gasteiger partial charge in [-0.25, -0.2) is 9.97 Å². The Morgan fingerprint density at radius 3 is 2.94 bits per heavy atom. The Morgan fingerprint density at radius 2 is 2.22 bits per heavy atom. The summed E-state index contributed by atoms with van der Waals surface area (Å²) in [6.45, 7) is 4.09. The fraction of sp³-hybridized carbons (Fsp3) is 0.250. The minimum absolute atomic E-state index is 0.745. The average Bonchev–Trinajstić information content (AvgIpc) is 2.99. The van der Waals surface area contributed by atoms with Crippen LogP contribution in [0.5, 0.6) is 0 Å². The van der Waals surface area contributed by atoms with Crippen molar-refractivity contribution in [3.8, 4) is 0 Å². The van der Waals surface area contributed by atoms with Crippen molar-refractivity contribution in [3.63, 3.8) is 0 Å². The monoisotopic (exact) mass is 242 g/mol. The summed E-state index contributed by atoms with van der Waals surface area (Å²) in [6, 6.07) is 3.83. The number of aryl methyl sites for hydroxylation is 2. The highest BCUT2D eigenvalue weighted by molar-refractivity contribution is 5.59. The predicted molar refractivity (Wildman–Crippen MR) is 69.0 cm³/mol. The third-order valence-corrected chi connectivity index (χ3v) is 2.87. The van der Waals surface area contributed by atoms with Crippen molar-refractivity contribution in [2.75, 3.05) is 5.32 Å². The Morgan fingerprint density at radius 1 is 1.33 bits per heavy atom. The number of hydrogen-bond donors (Lipinski definition) is 2. The first kappa shape index (κ1) is 10.8. The Bertz CT molecular complexity index is 667. The van der Waals surface area contributed by atoms with Crippen LogP contribution in [-0.4, -0.2) is 24.6 Å². The smallest absolute Gasteiger partial charge is 0.214 e. The molecule has 0 amide bonds. The van der Waals surface area contributed by atoms with E-state index in [0.717, 1.165) is 35.2 Å². The Labute approximate surface area is 104 Å². The largest absolute Gasteiger partial charge is 0.310 e. The van der Waals surface area contributed by atoms with Crippen LogP contribution in [0.1, 0.15) is 18.4 Å². The fourth-order valence-corrected chi connectivity index (χ4v) is 2.04. The lowest BCUT2D eigenvalue weighted by Crippen LogP contribution is -2.04. The van der Waals surface area contributed by atoms with Gasteiger partial charge in [0.15, 0.2) is 0 Å². The molecule has 0 atom stereocenters. The van der Waals surface area contributed by atoms with E-state index in [1.54, 1.807) is 12.4 Å². The highest BCUT2D eigenvalue weighted by Crippen LogP contribution is 2.19. The highest BCUT2D eigenvalue weighted by Gasteiger charge is 2.11. The van der Waals surface area contributed by atoms with Crippen LogP contribution >= 0.6 is 0 Å². The van der Waals surface area contributed by atoms with Crippen LogP contribution in [0.4, 0.5) is 11.8 Å². The normalized spacial score (nSPS) is 11.0. The summed E-state index contributed by atoms with van der Waals surface area (Å²) in [5.74, 6) is 2.55. The second-order valence-corrected chi connectivity index (χ2v) is 4.05. The first-order chi connectivity index (χ1) is 8.79. The molecule has 3 heterocycles. The minimum atomic E-state index is 0.745. The van der Waals surface area contributed by atoms with Gasteiger partial charge >= 0.3 is 0 Å². The van der Waals surface area contributed by atoms with Crippen molar-refractivity contribution in [1.29, 1.82) is 0 Å². The lowest BCUT2D eigenvalue weighted by atomic mass is 10.4.